The Hall–Kier alpha value is -1.58. The second-order valence-corrected chi connectivity index (χ2v) is 6.09. The Balaban J connectivity index is 1.67. The molecule has 1 atom stereocenters. The number of thiocarbonyl (C=S) groups is 1. The molecule has 0 saturated heterocycles. The highest BCUT2D eigenvalue weighted by molar-refractivity contribution is 7.80. The number of benzene rings is 2. The Morgan fingerprint density at radius 3 is 2.67 bits per heavy atom. The molecule has 3 rings (SSSR count). The van der Waals surface area contributed by atoms with Gasteiger partial charge in [0.1, 0.15) is 0 Å². The van der Waals surface area contributed by atoms with Crippen LogP contribution in [-0.2, 0) is 6.42 Å². The fraction of sp³-hybridized carbons (Fsp3) is 0.235. The van der Waals surface area contributed by atoms with Gasteiger partial charge in [0.2, 0.25) is 0 Å². The van der Waals surface area contributed by atoms with E-state index in [9.17, 15) is 0 Å². The van der Waals surface area contributed by atoms with Crippen LogP contribution in [-0.4, -0.2) is 5.11 Å². The standard InChI is InChI=1S/C17H17ClN2S/c18-13-8-10-14(11-9-13)19-17(21)20-16-7-3-5-12-4-1-2-6-15(12)16/h1-2,4,6,8-11,16H,3,5,7H2,(H2,19,20,21)/t16-/m0/s1. The predicted molar refractivity (Wildman–Crippen MR) is 92.9 cm³/mol. The molecule has 0 bridgehead atoms. The van der Waals surface area contributed by atoms with E-state index in [0.717, 1.165) is 23.6 Å². The highest BCUT2D eigenvalue weighted by Crippen LogP contribution is 2.29. The van der Waals surface area contributed by atoms with Gasteiger partial charge in [0.05, 0.1) is 6.04 Å². The molecule has 0 aromatic heterocycles. The summed E-state index contributed by atoms with van der Waals surface area (Å²) in [5.41, 5.74) is 3.74. The predicted octanol–water partition coefficient (Wildman–Crippen LogP) is 4.70. The monoisotopic (exact) mass is 316 g/mol. The zero-order valence-electron chi connectivity index (χ0n) is 11.6. The minimum Gasteiger partial charge on any atom is -0.356 e. The van der Waals surface area contributed by atoms with Gasteiger partial charge in [-0.05, 0) is 66.9 Å². The van der Waals surface area contributed by atoms with Gasteiger partial charge in [0, 0.05) is 10.7 Å². The average molecular weight is 317 g/mol. The summed E-state index contributed by atoms with van der Waals surface area (Å²) in [6.45, 7) is 0. The van der Waals surface area contributed by atoms with Gasteiger partial charge in [-0.15, -0.1) is 0 Å². The summed E-state index contributed by atoms with van der Waals surface area (Å²) in [6, 6.07) is 16.4. The lowest BCUT2D eigenvalue weighted by molar-refractivity contribution is 0.529. The molecule has 2 nitrogen and oxygen atoms in total. The zero-order valence-corrected chi connectivity index (χ0v) is 13.2. The van der Waals surface area contributed by atoms with E-state index in [1.807, 2.05) is 24.3 Å². The average Bonchev–Trinajstić information content (AvgIpc) is 2.50. The van der Waals surface area contributed by atoms with Crippen molar-refractivity contribution in [3.8, 4) is 0 Å². The summed E-state index contributed by atoms with van der Waals surface area (Å²) >= 11 is 11.3. The molecule has 4 heteroatoms. The fourth-order valence-corrected chi connectivity index (χ4v) is 3.15. The van der Waals surface area contributed by atoms with Crippen LogP contribution in [0.15, 0.2) is 48.5 Å². The highest BCUT2D eigenvalue weighted by atomic mass is 35.5. The molecule has 1 aliphatic rings. The summed E-state index contributed by atoms with van der Waals surface area (Å²) in [7, 11) is 0. The van der Waals surface area contributed by atoms with Crippen molar-refractivity contribution in [3.05, 3.63) is 64.7 Å². The largest absolute Gasteiger partial charge is 0.356 e. The summed E-state index contributed by atoms with van der Waals surface area (Å²) in [5, 5.41) is 8.01. The van der Waals surface area contributed by atoms with Crippen molar-refractivity contribution in [2.75, 3.05) is 5.32 Å². The Kier molecular flexibility index (Phi) is 4.42. The minimum atomic E-state index is 0.294. The first-order valence-electron chi connectivity index (χ1n) is 7.13. The Labute approximate surface area is 135 Å². The van der Waals surface area contributed by atoms with Crippen LogP contribution in [0.4, 0.5) is 5.69 Å². The Morgan fingerprint density at radius 2 is 1.86 bits per heavy atom. The topological polar surface area (TPSA) is 24.1 Å². The first-order chi connectivity index (χ1) is 10.2. The Morgan fingerprint density at radius 1 is 1.10 bits per heavy atom. The Bertz CT molecular complexity index is 639. The van der Waals surface area contributed by atoms with Crippen molar-refractivity contribution in [2.45, 2.75) is 25.3 Å². The maximum atomic E-state index is 5.88. The maximum absolute atomic E-state index is 5.88. The van der Waals surface area contributed by atoms with E-state index >= 15 is 0 Å². The summed E-state index contributed by atoms with van der Waals surface area (Å²) in [4.78, 5) is 0. The van der Waals surface area contributed by atoms with Crippen LogP contribution < -0.4 is 10.6 Å². The maximum Gasteiger partial charge on any atom is 0.171 e. The van der Waals surface area contributed by atoms with Crippen LogP contribution >= 0.6 is 23.8 Å². The summed E-state index contributed by atoms with van der Waals surface area (Å²) in [5.74, 6) is 0. The van der Waals surface area contributed by atoms with Gasteiger partial charge < -0.3 is 10.6 Å². The van der Waals surface area contributed by atoms with Gasteiger partial charge in [0.15, 0.2) is 5.11 Å². The molecule has 2 aromatic rings. The van der Waals surface area contributed by atoms with Gasteiger partial charge in [0.25, 0.3) is 0 Å². The lowest BCUT2D eigenvalue weighted by Crippen LogP contribution is -2.34. The second kappa shape index (κ2) is 6.46. The molecular formula is C17H17ClN2S. The van der Waals surface area contributed by atoms with Gasteiger partial charge in [-0.2, -0.15) is 0 Å². The number of fused-ring (bicyclic) bond motifs is 1. The van der Waals surface area contributed by atoms with Crippen molar-refractivity contribution in [1.29, 1.82) is 0 Å². The first-order valence-corrected chi connectivity index (χ1v) is 7.92. The fourth-order valence-electron chi connectivity index (χ4n) is 2.76. The molecule has 0 fully saturated rings. The van der Waals surface area contributed by atoms with Crippen LogP contribution in [0.5, 0.6) is 0 Å². The molecule has 2 N–H and O–H groups in total. The first kappa shape index (κ1) is 14.4. The number of halogens is 1. The van der Waals surface area contributed by atoms with E-state index in [0.29, 0.717) is 11.2 Å². The highest BCUT2D eigenvalue weighted by Gasteiger charge is 2.20. The number of aryl methyl sites for hydroxylation is 1. The van der Waals surface area contributed by atoms with Crippen molar-refractivity contribution in [1.82, 2.24) is 5.32 Å². The van der Waals surface area contributed by atoms with Crippen LogP contribution in [0.25, 0.3) is 0 Å². The quantitative estimate of drug-likeness (QED) is 0.785. The van der Waals surface area contributed by atoms with Crippen molar-refractivity contribution < 1.29 is 0 Å². The molecule has 0 unspecified atom stereocenters. The number of nitrogens with one attached hydrogen (secondary N) is 2. The van der Waals surface area contributed by atoms with E-state index in [4.69, 9.17) is 23.8 Å². The molecule has 0 radical (unpaired) electrons. The third-order valence-electron chi connectivity index (χ3n) is 3.78. The van der Waals surface area contributed by atoms with Crippen LogP contribution in [0, 0.1) is 0 Å². The lowest BCUT2D eigenvalue weighted by Gasteiger charge is -2.27. The minimum absolute atomic E-state index is 0.294. The van der Waals surface area contributed by atoms with Gasteiger partial charge in [-0.3, -0.25) is 0 Å². The van der Waals surface area contributed by atoms with Crippen LogP contribution in [0.1, 0.15) is 30.0 Å². The number of hydrogen-bond donors (Lipinski definition) is 2. The normalized spacial score (nSPS) is 16.9. The van der Waals surface area contributed by atoms with Gasteiger partial charge in [-0.25, -0.2) is 0 Å². The molecule has 0 amide bonds. The van der Waals surface area contributed by atoms with Crippen molar-refractivity contribution in [3.63, 3.8) is 0 Å². The van der Waals surface area contributed by atoms with Crippen molar-refractivity contribution in [2.24, 2.45) is 0 Å². The second-order valence-electron chi connectivity index (χ2n) is 5.25. The smallest absolute Gasteiger partial charge is 0.171 e. The molecule has 0 heterocycles. The molecule has 0 saturated carbocycles. The SMILES string of the molecule is S=C(Nc1ccc(Cl)cc1)N[C@H]1CCCc2ccccc21. The van der Waals surface area contributed by atoms with Crippen LogP contribution in [0.3, 0.4) is 0 Å². The molecule has 1 aliphatic carbocycles. The molecular weight excluding hydrogens is 300 g/mol. The van der Waals surface area contributed by atoms with Gasteiger partial charge >= 0.3 is 0 Å². The molecule has 2 aromatic carbocycles. The van der Waals surface area contributed by atoms with E-state index in [2.05, 4.69) is 34.9 Å². The molecule has 0 aliphatic heterocycles. The van der Waals surface area contributed by atoms with Gasteiger partial charge in [-0.1, -0.05) is 35.9 Å². The summed E-state index contributed by atoms with van der Waals surface area (Å²) in [6.07, 6.45) is 3.46. The molecule has 0 spiro atoms. The zero-order chi connectivity index (χ0) is 14.7. The van der Waals surface area contributed by atoms with Crippen molar-refractivity contribution >= 4 is 34.6 Å². The summed E-state index contributed by atoms with van der Waals surface area (Å²) < 4.78 is 0. The third-order valence-corrected chi connectivity index (χ3v) is 4.25. The van der Waals surface area contributed by atoms with E-state index in [1.54, 1.807) is 0 Å². The molecule has 108 valence electrons. The van der Waals surface area contributed by atoms with E-state index < -0.39 is 0 Å². The third kappa shape index (κ3) is 3.55. The van der Waals surface area contributed by atoms with Crippen LogP contribution in [0.2, 0.25) is 5.02 Å². The lowest BCUT2D eigenvalue weighted by atomic mass is 9.88. The number of hydrogen-bond acceptors (Lipinski definition) is 1. The molecule has 21 heavy (non-hydrogen) atoms. The van der Waals surface area contributed by atoms with E-state index in [1.165, 1.54) is 17.5 Å². The number of anilines is 1. The van der Waals surface area contributed by atoms with E-state index in [-0.39, 0.29) is 0 Å². The number of rotatable bonds is 2.